The Kier molecular flexibility index (Phi) is 16.0. The van der Waals surface area contributed by atoms with Gasteiger partial charge in [0.1, 0.15) is 0 Å². The minimum Gasteiger partial charge on any atom is -0.199 e. The molecule has 1 heteroatoms. The van der Waals surface area contributed by atoms with Crippen molar-refractivity contribution in [3.8, 4) is 0 Å². The summed E-state index contributed by atoms with van der Waals surface area (Å²) in [5.41, 5.74) is 3.22. The van der Waals surface area contributed by atoms with E-state index in [4.69, 9.17) is 0 Å². The van der Waals surface area contributed by atoms with Crippen molar-refractivity contribution in [2.75, 3.05) is 0 Å². The summed E-state index contributed by atoms with van der Waals surface area (Å²) in [5.74, 6) is 7.34. The molecular formula is C31H36U-3. The van der Waals surface area contributed by atoms with E-state index in [0.717, 1.165) is 16.7 Å². The van der Waals surface area contributed by atoms with Gasteiger partial charge in [0, 0.05) is 31.1 Å². The summed E-state index contributed by atoms with van der Waals surface area (Å²) >= 11 is 0. The Morgan fingerprint density at radius 1 is 0.344 bits per heavy atom. The average molecular weight is 647 g/mol. The molecule has 32 heavy (non-hydrogen) atoms. The Bertz CT molecular complexity index is 664. The fourth-order valence-corrected chi connectivity index (χ4v) is 2.84. The minimum atomic E-state index is 0. The normalized spacial score (nSPS) is 14.5. The van der Waals surface area contributed by atoms with E-state index in [1.54, 1.807) is 0 Å². The van der Waals surface area contributed by atoms with Gasteiger partial charge in [-0.25, -0.2) is 0 Å². The second-order valence-electron chi connectivity index (χ2n) is 7.58. The largest absolute Gasteiger partial charge is 0.199 e. The Balaban J connectivity index is 0.000000401. The maximum absolute atomic E-state index is 3.72. The maximum atomic E-state index is 3.72. The van der Waals surface area contributed by atoms with E-state index >= 15 is 0 Å². The minimum absolute atomic E-state index is 0. The number of benzene rings is 3. The van der Waals surface area contributed by atoms with Crippen LogP contribution in [0.4, 0.5) is 0 Å². The van der Waals surface area contributed by atoms with Crippen LogP contribution in [0.1, 0.15) is 51.3 Å². The molecule has 1 aliphatic rings. The van der Waals surface area contributed by atoms with Crippen molar-refractivity contribution >= 4 is 0 Å². The molecule has 5 radical (unpaired) electrons. The van der Waals surface area contributed by atoms with Gasteiger partial charge in [-0.05, 0) is 29.6 Å². The van der Waals surface area contributed by atoms with Crippen LogP contribution in [-0.2, 0) is 0 Å². The van der Waals surface area contributed by atoms with Gasteiger partial charge in [0.05, 0.1) is 0 Å². The van der Waals surface area contributed by atoms with Crippen molar-refractivity contribution in [1.82, 2.24) is 0 Å². The van der Waals surface area contributed by atoms with Crippen molar-refractivity contribution in [2.45, 2.75) is 34.6 Å². The molecule has 0 aliphatic heterocycles. The zero-order chi connectivity index (χ0) is 23.2. The molecule has 0 aromatic heterocycles. The SMILES string of the molecule is C[C]1[C](C)[C](C)[C](C)[C]1C.[CH2-]c1ccccc1.[CH2-]c1ccccc1.[CH2-]c1ccccc1.[U]. The third-order valence-corrected chi connectivity index (χ3v) is 5.34. The Morgan fingerprint density at radius 3 is 0.594 bits per heavy atom. The van der Waals surface area contributed by atoms with Crippen LogP contribution in [0.5, 0.6) is 0 Å². The van der Waals surface area contributed by atoms with E-state index in [9.17, 15) is 0 Å². The second kappa shape index (κ2) is 16.9. The molecule has 1 fully saturated rings. The molecule has 167 valence electrons. The molecular weight excluding hydrogens is 610 g/mol. The number of hydrogen-bond acceptors (Lipinski definition) is 0. The zero-order valence-corrected chi connectivity index (χ0v) is 24.4. The third-order valence-electron chi connectivity index (χ3n) is 5.34. The van der Waals surface area contributed by atoms with E-state index in [1.807, 2.05) is 91.0 Å². The molecule has 1 saturated carbocycles. The molecule has 1 aliphatic carbocycles. The maximum Gasteiger partial charge on any atom is 0 e. The van der Waals surface area contributed by atoms with Gasteiger partial charge in [0.15, 0.2) is 0 Å². The first-order valence-corrected chi connectivity index (χ1v) is 10.5. The van der Waals surface area contributed by atoms with Gasteiger partial charge in [-0.15, -0.1) is 36.4 Å². The van der Waals surface area contributed by atoms with Crippen molar-refractivity contribution < 1.29 is 31.1 Å². The van der Waals surface area contributed by atoms with Crippen molar-refractivity contribution in [2.24, 2.45) is 0 Å². The number of rotatable bonds is 0. The molecule has 3 aromatic rings. The third kappa shape index (κ3) is 11.8. The monoisotopic (exact) mass is 646 g/mol. The van der Waals surface area contributed by atoms with Gasteiger partial charge >= 0.3 is 0 Å². The van der Waals surface area contributed by atoms with Crippen LogP contribution in [-0.4, -0.2) is 0 Å². The molecule has 0 N–H and O–H groups in total. The van der Waals surface area contributed by atoms with Crippen LogP contribution >= 0.6 is 0 Å². The first-order chi connectivity index (χ1) is 14.7. The number of hydrogen-bond donors (Lipinski definition) is 0. The Morgan fingerprint density at radius 2 is 0.500 bits per heavy atom. The van der Waals surface area contributed by atoms with Crippen LogP contribution in [0, 0.1) is 81.5 Å². The predicted octanol–water partition coefficient (Wildman–Crippen LogP) is 8.58. The van der Waals surface area contributed by atoms with Gasteiger partial charge < -0.3 is 0 Å². The van der Waals surface area contributed by atoms with Gasteiger partial charge in [-0.3, -0.25) is 0 Å². The zero-order valence-electron chi connectivity index (χ0n) is 20.3. The van der Waals surface area contributed by atoms with E-state index in [-0.39, 0.29) is 31.1 Å². The fraction of sp³-hybridized carbons (Fsp3) is 0.161. The first kappa shape index (κ1) is 30.3. The standard InChI is InChI=1S/C10H15.3C7H7.U/c1-6-7(2)9(4)10(5)8(6)3;3*1-7-5-3-2-4-6-7;/h1-5H3;3*2-6H,1H2;/q;3*-1;. The average Bonchev–Trinajstić information content (AvgIpc) is 2.94. The molecule has 4 rings (SSSR count). The quantitative estimate of drug-likeness (QED) is 0.215. The van der Waals surface area contributed by atoms with Crippen molar-refractivity contribution in [1.29, 1.82) is 0 Å². The Hall–Kier alpha value is -1.68. The van der Waals surface area contributed by atoms with Gasteiger partial charge in [0.2, 0.25) is 0 Å². The molecule has 0 amide bonds. The summed E-state index contributed by atoms with van der Waals surface area (Å²) in [6, 6.07) is 29.6. The van der Waals surface area contributed by atoms with E-state index in [2.05, 4.69) is 55.4 Å². The van der Waals surface area contributed by atoms with Gasteiger partial charge in [-0.1, -0.05) is 52.8 Å². The summed E-state index contributed by atoms with van der Waals surface area (Å²) in [4.78, 5) is 0. The van der Waals surface area contributed by atoms with E-state index in [1.165, 1.54) is 29.6 Å². The Labute approximate surface area is 222 Å². The second-order valence-corrected chi connectivity index (χ2v) is 7.58. The van der Waals surface area contributed by atoms with Crippen LogP contribution in [0.3, 0.4) is 0 Å². The molecule has 0 bridgehead atoms. The summed E-state index contributed by atoms with van der Waals surface area (Å²) in [5, 5.41) is 0. The smallest absolute Gasteiger partial charge is 0 e. The van der Waals surface area contributed by atoms with Crippen LogP contribution in [0.25, 0.3) is 0 Å². The molecule has 0 unspecified atom stereocenters. The molecule has 3 aromatic carbocycles. The fourth-order valence-electron chi connectivity index (χ4n) is 2.84. The summed E-state index contributed by atoms with van der Waals surface area (Å²) in [6.07, 6.45) is 0. The first-order valence-electron chi connectivity index (χ1n) is 10.5. The van der Waals surface area contributed by atoms with Crippen LogP contribution < -0.4 is 0 Å². The van der Waals surface area contributed by atoms with Crippen LogP contribution in [0.15, 0.2) is 91.0 Å². The molecule has 0 saturated heterocycles. The van der Waals surface area contributed by atoms with Crippen LogP contribution in [0.2, 0.25) is 0 Å². The molecule has 0 nitrogen and oxygen atoms in total. The van der Waals surface area contributed by atoms with Gasteiger partial charge in [-0.2, -0.15) is 73.9 Å². The van der Waals surface area contributed by atoms with E-state index < -0.39 is 0 Å². The van der Waals surface area contributed by atoms with Crippen molar-refractivity contribution in [3.05, 3.63) is 158 Å². The molecule has 0 atom stereocenters. The molecule has 0 spiro atoms. The topological polar surface area (TPSA) is 0 Å². The predicted molar refractivity (Wildman–Crippen MR) is 137 cm³/mol. The van der Waals surface area contributed by atoms with Crippen molar-refractivity contribution in [3.63, 3.8) is 0 Å². The summed E-state index contributed by atoms with van der Waals surface area (Å²) in [7, 11) is 0. The van der Waals surface area contributed by atoms with E-state index in [0.29, 0.717) is 0 Å². The summed E-state index contributed by atoms with van der Waals surface area (Å²) in [6.45, 7) is 22.2. The summed E-state index contributed by atoms with van der Waals surface area (Å²) < 4.78 is 0. The molecule has 0 heterocycles. The van der Waals surface area contributed by atoms with Gasteiger partial charge in [0.25, 0.3) is 0 Å².